The molecule has 2 aromatic rings. The molecule has 0 fully saturated rings. The molecule has 2 rings (SSSR count). The molecular weight excluding hydrogens is 286 g/mol. The summed E-state index contributed by atoms with van der Waals surface area (Å²) in [5, 5.41) is 2.20. The first kappa shape index (κ1) is 15.4. The van der Waals surface area contributed by atoms with Crippen molar-refractivity contribution >= 4 is 23.3 Å². The third-order valence-electron chi connectivity index (χ3n) is 2.85. The van der Waals surface area contributed by atoms with Crippen molar-refractivity contribution in [1.29, 1.82) is 0 Å². The Morgan fingerprint density at radius 3 is 2.10 bits per heavy atom. The lowest BCUT2D eigenvalue weighted by Crippen LogP contribution is -2.43. The van der Waals surface area contributed by atoms with Crippen molar-refractivity contribution in [1.82, 2.24) is 0 Å². The number of rotatable bonds is 3. The Morgan fingerprint density at radius 1 is 1.00 bits per heavy atom. The van der Waals surface area contributed by atoms with Gasteiger partial charge in [0.1, 0.15) is 0 Å². The highest BCUT2D eigenvalue weighted by atomic mass is 35.5. The summed E-state index contributed by atoms with van der Waals surface area (Å²) in [6.07, 6.45) is 0. The molecule has 0 amide bonds. The van der Waals surface area contributed by atoms with E-state index in [-0.39, 0.29) is 5.54 Å². The minimum Gasteiger partial charge on any atom is -0.335 e. The second-order valence-corrected chi connectivity index (χ2v) is 6.12. The first-order valence-corrected chi connectivity index (χ1v) is 7.09. The number of benzene rings is 2. The van der Waals surface area contributed by atoms with Gasteiger partial charge in [-0.2, -0.15) is 0 Å². The third kappa shape index (κ3) is 3.99. The zero-order chi connectivity index (χ0) is 15.5. The second kappa shape index (κ2) is 6.19. The predicted molar refractivity (Wildman–Crippen MR) is 85.5 cm³/mol. The Bertz CT molecular complexity index is 603. The number of para-hydroxylation sites is 1. The number of hydrogen-bond acceptors (Lipinski definition) is 3. The first-order valence-electron chi connectivity index (χ1n) is 6.71. The SMILES string of the molecule is CC(C)(C)N(OC(=O)c1ccc(Cl)cc1)c1ccccc1. The molecule has 0 heterocycles. The number of carbonyl (C=O) groups is 1. The molecule has 0 aliphatic rings. The van der Waals surface area contributed by atoms with E-state index in [0.717, 1.165) is 5.69 Å². The van der Waals surface area contributed by atoms with Crippen LogP contribution in [0.5, 0.6) is 0 Å². The van der Waals surface area contributed by atoms with E-state index in [1.807, 2.05) is 51.1 Å². The molecule has 0 N–H and O–H groups in total. The molecule has 0 bridgehead atoms. The monoisotopic (exact) mass is 303 g/mol. The maximum atomic E-state index is 12.3. The summed E-state index contributed by atoms with van der Waals surface area (Å²) in [5.41, 5.74) is 0.931. The van der Waals surface area contributed by atoms with Crippen molar-refractivity contribution in [2.45, 2.75) is 26.3 Å². The summed E-state index contributed by atoms with van der Waals surface area (Å²) in [6, 6.07) is 16.2. The van der Waals surface area contributed by atoms with Crippen LogP contribution in [0.4, 0.5) is 5.69 Å². The van der Waals surface area contributed by atoms with Crippen LogP contribution in [-0.4, -0.2) is 11.5 Å². The van der Waals surface area contributed by atoms with E-state index in [0.29, 0.717) is 10.6 Å². The van der Waals surface area contributed by atoms with Crippen LogP contribution >= 0.6 is 11.6 Å². The fourth-order valence-corrected chi connectivity index (χ4v) is 1.99. The highest BCUT2D eigenvalue weighted by molar-refractivity contribution is 6.30. The Kier molecular flexibility index (Phi) is 4.53. The van der Waals surface area contributed by atoms with Gasteiger partial charge in [-0.15, -0.1) is 0 Å². The molecule has 21 heavy (non-hydrogen) atoms. The Balaban J connectivity index is 2.24. The second-order valence-electron chi connectivity index (χ2n) is 5.69. The third-order valence-corrected chi connectivity index (χ3v) is 3.11. The van der Waals surface area contributed by atoms with Gasteiger partial charge in [-0.3, -0.25) is 0 Å². The summed E-state index contributed by atoms with van der Waals surface area (Å²) in [7, 11) is 0. The number of carbonyl (C=O) groups excluding carboxylic acids is 1. The number of halogens is 1. The Morgan fingerprint density at radius 2 is 1.57 bits per heavy atom. The van der Waals surface area contributed by atoms with Gasteiger partial charge in [-0.05, 0) is 57.2 Å². The largest absolute Gasteiger partial charge is 0.363 e. The smallest absolute Gasteiger partial charge is 0.335 e. The maximum Gasteiger partial charge on any atom is 0.363 e. The van der Waals surface area contributed by atoms with Crippen molar-refractivity contribution in [2.75, 3.05) is 5.06 Å². The quantitative estimate of drug-likeness (QED) is 0.769. The van der Waals surface area contributed by atoms with Crippen molar-refractivity contribution < 1.29 is 9.63 Å². The van der Waals surface area contributed by atoms with Gasteiger partial charge >= 0.3 is 5.97 Å². The van der Waals surface area contributed by atoms with Crippen LogP contribution < -0.4 is 5.06 Å². The minimum absolute atomic E-state index is 0.358. The molecule has 3 nitrogen and oxygen atoms in total. The topological polar surface area (TPSA) is 29.5 Å². The predicted octanol–water partition coefficient (Wildman–Crippen LogP) is 4.72. The minimum atomic E-state index is -0.412. The maximum absolute atomic E-state index is 12.3. The molecule has 0 saturated heterocycles. The van der Waals surface area contributed by atoms with Crippen LogP contribution in [0.25, 0.3) is 0 Å². The fraction of sp³-hybridized carbons (Fsp3) is 0.235. The summed E-state index contributed by atoms with van der Waals surface area (Å²) in [4.78, 5) is 17.9. The molecule has 110 valence electrons. The molecule has 0 aromatic heterocycles. The zero-order valence-electron chi connectivity index (χ0n) is 12.3. The normalized spacial score (nSPS) is 11.0. The average Bonchev–Trinajstić information content (AvgIpc) is 2.45. The van der Waals surface area contributed by atoms with Crippen molar-refractivity contribution in [3.05, 3.63) is 65.2 Å². The number of anilines is 1. The van der Waals surface area contributed by atoms with Crippen LogP contribution in [0.2, 0.25) is 5.02 Å². The van der Waals surface area contributed by atoms with Gasteiger partial charge in [-0.25, -0.2) is 9.86 Å². The molecule has 0 aliphatic carbocycles. The molecular formula is C17H18ClNO2. The van der Waals surface area contributed by atoms with Crippen LogP contribution in [0.15, 0.2) is 54.6 Å². The van der Waals surface area contributed by atoms with Crippen LogP contribution in [0, 0.1) is 0 Å². The zero-order valence-corrected chi connectivity index (χ0v) is 13.1. The van der Waals surface area contributed by atoms with E-state index in [1.54, 1.807) is 29.3 Å². The van der Waals surface area contributed by atoms with Gasteiger partial charge in [0, 0.05) is 5.02 Å². The van der Waals surface area contributed by atoms with Gasteiger partial charge in [0.15, 0.2) is 0 Å². The Hall–Kier alpha value is -2.00. The van der Waals surface area contributed by atoms with Crippen molar-refractivity contribution in [3.8, 4) is 0 Å². The van der Waals surface area contributed by atoms with E-state index < -0.39 is 5.97 Å². The first-order chi connectivity index (χ1) is 9.88. The number of hydroxylamine groups is 1. The van der Waals surface area contributed by atoms with Gasteiger partial charge in [-0.1, -0.05) is 29.8 Å². The van der Waals surface area contributed by atoms with Crippen molar-refractivity contribution in [2.24, 2.45) is 0 Å². The van der Waals surface area contributed by atoms with Gasteiger partial charge in [0.25, 0.3) is 0 Å². The highest BCUT2D eigenvalue weighted by Crippen LogP contribution is 2.25. The van der Waals surface area contributed by atoms with E-state index >= 15 is 0 Å². The van der Waals surface area contributed by atoms with Crippen LogP contribution in [-0.2, 0) is 4.84 Å². The van der Waals surface area contributed by atoms with Gasteiger partial charge in [0.05, 0.1) is 16.8 Å². The highest BCUT2D eigenvalue weighted by Gasteiger charge is 2.26. The Labute approximate surface area is 130 Å². The van der Waals surface area contributed by atoms with Gasteiger partial charge < -0.3 is 4.84 Å². The molecule has 2 aromatic carbocycles. The molecule has 0 aliphatic heterocycles. The lowest BCUT2D eigenvalue weighted by molar-refractivity contribution is 0.0346. The summed E-state index contributed by atoms with van der Waals surface area (Å²) >= 11 is 5.83. The van der Waals surface area contributed by atoms with E-state index in [1.165, 1.54) is 0 Å². The van der Waals surface area contributed by atoms with E-state index in [9.17, 15) is 4.79 Å². The lowest BCUT2D eigenvalue weighted by atomic mass is 10.1. The number of nitrogens with zero attached hydrogens (tertiary/aromatic N) is 1. The van der Waals surface area contributed by atoms with Gasteiger partial charge in [0.2, 0.25) is 0 Å². The van der Waals surface area contributed by atoms with Crippen LogP contribution in [0.3, 0.4) is 0 Å². The van der Waals surface area contributed by atoms with E-state index in [4.69, 9.17) is 16.4 Å². The fourth-order valence-electron chi connectivity index (χ4n) is 1.86. The molecule has 4 heteroatoms. The van der Waals surface area contributed by atoms with E-state index in [2.05, 4.69) is 0 Å². The van der Waals surface area contributed by atoms with Crippen LogP contribution in [0.1, 0.15) is 31.1 Å². The molecule has 0 radical (unpaired) electrons. The summed E-state index contributed by atoms with van der Waals surface area (Å²) in [5.74, 6) is -0.412. The standard InChI is InChI=1S/C17H18ClNO2/c1-17(2,3)19(15-7-5-4-6-8-15)21-16(20)13-9-11-14(18)12-10-13/h4-12H,1-3H3. The molecule has 0 saturated carbocycles. The molecule has 0 spiro atoms. The van der Waals surface area contributed by atoms with Crippen molar-refractivity contribution in [3.63, 3.8) is 0 Å². The number of hydrogen-bond donors (Lipinski definition) is 0. The average molecular weight is 304 g/mol. The summed E-state index contributed by atoms with van der Waals surface area (Å²) < 4.78 is 0. The summed E-state index contributed by atoms with van der Waals surface area (Å²) in [6.45, 7) is 5.94. The molecule has 0 atom stereocenters. The molecule has 0 unspecified atom stereocenters. The lowest BCUT2D eigenvalue weighted by Gasteiger charge is -2.35.